The van der Waals surface area contributed by atoms with Gasteiger partial charge in [-0.25, -0.2) is 0 Å². The van der Waals surface area contributed by atoms with Gasteiger partial charge in [0, 0.05) is 35.8 Å². The summed E-state index contributed by atoms with van der Waals surface area (Å²) < 4.78 is 0. The van der Waals surface area contributed by atoms with Crippen molar-refractivity contribution >= 4 is 17.4 Å². The predicted octanol–water partition coefficient (Wildman–Crippen LogP) is 4.08. The number of hydrogen-bond donors (Lipinski definition) is 1. The highest BCUT2D eigenvalue weighted by atomic mass is 32.2. The van der Waals surface area contributed by atoms with Crippen LogP contribution in [0.5, 0.6) is 0 Å². The van der Waals surface area contributed by atoms with E-state index in [4.69, 9.17) is 0 Å². The molecule has 1 aliphatic rings. The summed E-state index contributed by atoms with van der Waals surface area (Å²) in [6.45, 7) is 10.3. The first kappa shape index (κ1) is 15.7. The zero-order valence-electron chi connectivity index (χ0n) is 13.1. The van der Waals surface area contributed by atoms with Crippen LogP contribution in [0.25, 0.3) is 0 Å². The third kappa shape index (κ3) is 3.92. The Morgan fingerprint density at radius 2 is 2.15 bits per heavy atom. The van der Waals surface area contributed by atoms with Gasteiger partial charge in [0.15, 0.2) is 0 Å². The Morgan fingerprint density at radius 3 is 2.85 bits per heavy atom. The van der Waals surface area contributed by atoms with E-state index in [1.807, 2.05) is 0 Å². The number of rotatable bonds is 6. The Morgan fingerprint density at radius 1 is 1.35 bits per heavy atom. The molecule has 1 aliphatic heterocycles. The molecule has 0 aromatic heterocycles. The van der Waals surface area contributed by atoms with Crippen LogP contribution in [0.3, 0.4) is 0 Å². The van der Waals surface area contributed by atoms with Crippen molar-refractivity contribution < 1.29 is 0 Å². The maximum atomic E-state index is 3.69. The highest BCUT2D eigenvalue weighted by Crippen LogP contribution is 2.31. The number of para-hydroxylation sites is 1. The molecule has 2 unspecified atom stereocenters. The fourth-order valence-electron chi connectivity index (χ4n) is 2.90. The average molecular weight is 292 g/mol. The van der Waals surface area contributed by atoms with Crippen molar-refractivity contribution in [2.75, 3.05) is 30.3 Å². The molecule has 2 nitrogen and oxygen atoms in total. The summed E-state index contributed by atoms with van der Waals surface area (Å²) in [5.41, 5.74) is 2.91. The summed E-state index contributed by atoms with van der Waals surface area (Å²) in [6.07, 6.45) is 2.34. The highest BCUT2D eigenvalue weighted by Gasteiger charge is 2.21. The van der Waals surface area contributed by atoms with E-state index in [0.717, 1.165) is 18.2 Å². The van der Waals surface area contributed by atoms with Crippen LogP contribution in [-0.2, 0) is 0 Å². The Hall–Kier alpha value is -0.670. The number of nitrogens with zero attached hydrogens (tertiary/aromatic N) is 1. The van der Waals surface area contributed by atoms with Gasteiger partial charge in [0.25, 0.3) is 0 Å². The lowest BCUT2D eigenvalue weighted by molar-refractivity contribution is 0.517. The van der Waals surface area contributed by atoms with Gasteiger partial charge < -0.3 is 10.2 Å². The second-order valence-corrected chi connectivity index (χ2v) is 7.15. The lowest BCUT2D eigenvalue weighted by Gasteiger charge is -2.35. The van der Waals surface area contributed by atoms with Gasteiger partial charge in [0.05, 0.1) is 0 Å². The lowest BCUT2D eigenvalue weighted by atomic mass is 10.0. The van der Waals surface area contributed by atoms with Crippen LogP contribution in [0.2, 0.25) is 0 Å². The molecule has 0 spiro atoms. The molecule has 2 rings (SSSR count). The fourth-order valence-corrected chi connectivity index (χ4v) is 3.91. The van der Waals surface area contributed by atoms with Crippen LogP contribution in [0.15, 0.2) is 24.3 Å². The third-order valence-corrected chi connectivity index (χ3v) is 5.08. The monoisotopic (exact) mass is 292 g/mol. The zero-order valence-corrected chi connectivity index (χ0v) is 13.9. The second-order valence-electron chi connectivity index (χ2n) is 5.60. The van der Waals surface area contributed by atoms with E-state index >= 15 is 0 Å². The van der Waals surface area contributed by atoms with E-state index in [9.17, 15) is 0 Å². The Labute approximate surface area is 128 Å². The van der Waals surface area contributed by atoms with Crippen molar-refractivity contribution in [1.82, 2.24) is 5.32 Å². The topological polar surface area (TPSA) is 15.3 Å². The minimum absolute atomic E-state index is 0.482. The minimum Gasteiger partial charge on any atom is -0.369 e. The molecule has 3 heteroatoms. The Kier molecular flexibility index (Phi) is 6.24. The first-order valence-electron chi connectivity index (χ1n) is 7.95. The number of nitrogens with one attached hydrogen (secondary N) is 1. The molecule has 0 aliphatic carbocycles. The number of anilines is 1. The van der Waals surface area contributed by atoms with E-state index in [1.165, 1.54) is 36.5 Å². The van der Waals surface area contributed by atoms with Gasteiger partial charge in [-0.1, -0.05) is 39.0 Å². The molecule has 2 atom stereocenters. The quantitative estimate of drug-likeness (QED) is 0.850. The van der Waals surface area contributed by atoms with Gasteiger partial charge in [0.1, 0.15) is 0 Å². The summed E-state index contributed by atoms with van der Waals surface area (Å²) >= 11 is 2.09. The predicted molar refractivity (Wildman–Crippen MR) is 91.9 cm³/mol. The first-order valence-corrected chi connectivity index (χ1v) is 9.00. The summed E-state index contributed by atoms with van der Waals surface area (Å²) in [7, 11) is 0. The summed E-state index contributed by atoms with van der Waals surface area (Å²) in [5, 5.41) is 4.43. The molecule has 1 fully saturated rings. The largest absolute Gasteiger partial charge is 0.369 e. The zero-order chi connectivity index (χ0) is 14.4. The van der Waals surface area contributed by atoms with Crippen LogP contribution >= 0.6 is 11.8 Å². The highest BCUT2D eigenvalue weighted by molar-refractivity contribution is 8.00. The molecule has 1 heterocycles. The van der Waals surface area contributed by atoms with Gasteiger partial charge >= 0.3 is 0 Å². The van der Waals surface area contributed by atoms with E-state index in [0.29, 0.717) is 6.04 Å². The molecule has 1 aromatic rings. The number of thioether (sulfide) groups is 1. The molecule has 0 amide bonds. The number of benzene rings is 1. The molecule has 1 aromatic carbocycles. The molecule has 1 N–H and O–H groups in total. The first-order chi connectivity index (χ1) is 9.76. The molecular weight excluding hydrogens is 264 g/mol. The van der Waals surface area contributed by atoms with Crippen LogP contribution in [0.1, 0.15) is 45.2 Å². The molecule has 112 valence electrons. The smallest absolute Gasteiger partial charge is 0.0415 e. The average Bonchev–Trinajstić information content (AvgIpc) is 2.48. The molecule has 0 saturated carbocycles. The van der Waals surface area contributed by atoms with Crippen LogP contribution < -0.4 is 10.2 Å². The van der Waals surface area contributed by atoms with Crippen LogP contribution in [0.4, 0.5) is 5.69 Å². The fraction of sp³-hybridized carbons (Fsp3) is 0.647. The normalized spacial score (nSPS) is 20.9. The van der Waals surface area contributed by atoms with Crippen molar-refractivity contribution in [3.8, 4) is 0 Å². The molecule has 0 bridgehead atoms. The molecule has 0 radical (unpaired) electrons. The van der Waals surface area contributed by atoms with E-state index in [2.05, 4.69) is 67.0 Å². The molecule has 20 heavy (non-hydrogen) atoms. The van der Waals surface area contributed by atoms with Crippen molar-refractivity contribution in [2.45, 2.75) is 44.9 Å². The van der Waals surface area contributed by atoms with Gasteiger partial charge in [-0.05, 0) is 31.0 Å². The molecule has 1 saturated heterocycles. The third-order valence-electron chi connectivity index (χ3n) is 3.94. The summed E-state index contributed by atoms with van der Waals surface area (Å²) in [6, 6.07) is 9.44. The summed E-state index contributed by atoms with van der Waals surface area (Å²) in [4.78, 5) is 2.58. The van der Waals surface area contributed by atoms with Gasteiger partial charge in [-0.3, -0.25) is 0 Å². The van der Waals surface area contributed by atoms with Crippen molar-refractivity contribution in [3.05, 3.63) is 29.8 Å². The number of hydrogen-bond acceptors (Lipinski definition) is 3. The maximum absolute atomic E-state index is 3.69. The van der Waals surface area contributed by atoms with Gasteiger partial charge in [-0.2, -0.15) is 11.8 Å². The Bertz CT molecular complexity index is 408. The Balaban J connectivity index is 2.19. The molecular formula is C17H28N2S. The van der Waals surface area contributed by atoms with Gasteiger partial charge in [-0.15, -0.1) is 0 Å². The van der Waals surface area contributed by atoms with Crippen LogP contribution in [0, 0.1) is 0 Å². The van der Waals surface area contributed by atoms with Gasteiger partial charge in [0.2, 0.25) is 0 Å². The summed E-state index contributed by atoms with van der Waals surface area (Å²) in [5.74, 6) is 1.24. The van der Waals surface area contributed by atoms with E-state index in [-0.39, 0.29) is 0 Å². The van der Waals surface area contributed by atoms with E-state index < -0.39 is 0 Å². The van der Waals surface area contributed by atoms with E-state index in [1.54, 1.807) is 0 Å². The standard InChI is InChI=1S/C17H28N2S/c1-4-10-18-16(5-2)15-8-6-7-9-17(15)19-11-12-20-14(3)13-19/h6-9,14,16,18H,4-5,10-13H2,1-3H3. The van der Waals surface area contributed by atoms with Crippen molar-refractivity contribution in [3.63, 3.8) is 0 Å². The lowest BCUT2D eigenvalue weighted by Crippen LogP contribution is -2.37. The minimum atomic E-state index is 0.482. The maximum Gasteiger partial charge on any atom is 0.0415 e. The SMILES string of the molecule is CCCNC(CC)c1ccccc1N1CCSC(C)C1. The second kappa shape index (κ2) is 7.94. The van der Waals surface area contributed by atoms with Crippen molar-refractivity contribution in [1.29, 1.82) is 0 Å². The van der Waals surface area contributed by atoms with Crippen LogP contribution in [-0.4, -0.2) is 30.6 Å². The van der Waals surface area contributed by atoms with Crippen molar-refractivity contribution in [2.24, 2.45) is 0 Å².